The van der Waals surface area contributed by atoms with Gasteiger partial charge in [-0.2, -0.15) is 0 Å². The molecule has 29 heavy (non-hydrogen) atoms. The second-order valence-electron chi connectivity index (χ2n) is 8.63. The lowest BCUT2D eigenvalue weighted by Gasteiger charge is -2.33. The summed E-state index contributed by atoms with van der Waals surface area (Å²) in [4.78, 5) is 25.7. The summed E-state index contributed by atoms with van der Waals surface area (Å²) in [6.45, 7) is 8.75. The minimum atomic E-state index is 0.132. The van der Waals surface area contributed by atoms with Gasteiger partial charge in [-0.1, -0.05) is 37.3 Å². The van der Waals surface area contributed by atoms with Gasteiger partial charge < -0.3 is 9.80 Å². The molecule has 2 aliphatic rings. The average molecular weight is 393 g/mol. The number of aromatic nitrogens is 2. The molecule has 5 nitrogen and oxygen atoms in total. The number of benzene rings is 1. The standard InChI is InChI=1S/C24H32N4O/c1-18(20-7-4-3-5-8-20)10-13-27-12-6-9-21(16-27)24-25-15-22-17-28(19(2)29)14-11-23(22)26-24/h3-5,7-8,15,18,21H,6,9-14,16-17H2,1-2H3/t18-,21-/m0/s1. The van der Waals surface area contributed by atoms with Gasteiger partial charge in [0.1, 0.15) is 5.82 Å². The molecule has 1 amide bonds. The zero-order valence-electron chi connectivity index (χ0n) is 17.7. The monoisotopic (exact) mass is 392 g/mol. The van der Waals surface area contributed by atoms with Crippen LogP contribution in [0.25, 0.3) is 0 Å². The molecular formula is C24H32N4O. The Balaban J connectivity index is 1.36. The van der Waals surface area contributed by atoms with E-state index >= 15 is 0 Å². The molecule has 1 saturated heterocycles. The number of amides is 1. The second kappa shape index (κ2) is 9.04. The van der Waals surface area contributed by atoms with Crippen molar-refractivity contribution in [3.8, 4) is 0 Å². The molecule has 1 fully saturated rings. The maximum absolute atomic E-state index is 11.6. The number of likely N-dealkylation sites (tertiary alicyclic amines) is 1. The molecule has 2 aliphatic heterocycles. The fraction of sp³-hybridized carbons (Fsp3) is 0.542. The first-order chi connectivity index (χ1) is 14.1. The van der Waals surface area contributed by atoms with Crippen molar-refractivity contribution in [2.75, 3.05) is 26.2 Å². The molecule has 2 atom stereocenters. The first kappa shape index (κ1) is 20.0. The molecule has 0 aliphatic carbocycles. The van der Waals surface area contributed by atoms with Crippen LogP contribution in [0.3, 0.4) is 0 Å². The van der Waals surface area contributed by atoms with Crippen molar-refractivity contribution in [1.29, 1.82) is 0 Å². The van der Waals surface area contributed by atoms with Crippen molar-refractivity contribution in [3.05, 3.63) is 59.2 Å². The van der Waals surface area contributed by atoms with Gasteiger partial charge in [0.2, 0.25) is 5.91 Å². The zero-order chi connectivity index (χ0) is 20.2. The average Bonchev–Trinajstić information content (AvgIpc) is 2.77. The first-order valence-electron chi connectivity index (χ1n) is 11.0. The SMILES string of the molecule is CC(=O)N1CCc2nc([C@H]3CCCN(CC[C@H](C)c4ccccc4)C3)ncc2C1. The van der Waals surface area contributed by atoms with Gasteiger partial charge in [-0.25, -0.2) is 9.97 Å². The van der Waals surface area contributed by atoms with Gasteiger partial charge in [0.05, 0.1) is 5.69 Å². The van der Waals surface area contributed by atoms with Gasteiger partial charge in [0.25, 0.3) is 0 Å². The minimum Gasteiger partial charge on any atom is -0.338 e. The van der Waals surface area contributed by atoms with Crippen LogP contribution in [0.5, 0.6) is 0 Å². The third kappa shape index (κ3) is 4.84. The molecule has 0 unspecified atom stereocenters. The summed E-state index contributed by atoms with van der Waals surface area (Å²) in [6, 6.07) is 10.8. The number of carbonyl (C=O) groups excluding carboxylic acids is 1. The molecule has 1 aromatic carbocycles. The Morgan fingerprint density at radius 1 is 1.24 bits per heavy atom. The van der Waals surface area contributed by atoms with Crippen molar-refractivity contribution in [1.82, 2.24) is 19.8 Å². The lowest BCUT2D eigenvalue weighted by molar-refractivity contribution is -0.129. The Morgan fingerprint density at radius 2 is 2.07 bits per heavy atom. The van der Waals surface area contributed by atoms with Gasteiger partial charge in [0.15, 0.2) is 0 Å². The van der Waals surface area contributed by atoms with E-state index in [2.05, 4.69) is 42.2 Å². The van der Waals surface area contributed by atoms with E-state index < -0.39 is 0 Å². The molecule has 0 N–H and O–H groups in total. The quantitative estimate of drug-likeness (QED) is 0.777. The molecule has 5 heteroatoms. The lowest BCUT2D eigenvalue weighted by atomic mass is 9.94. The fourth-order valence-electron chi connectivity index (χ4n) is 4.59. The maximum atomic E-state index is 11.6. The summed E-state index contributed by atoms with van der Waals surface area (Å²) in [7, 11) is 0. The Labute approximate surface area is 174 Å². The van der Waals surface area contributed by atoms with E-state index in [0.717, 1.165) is 43.1 Å². The zero-order valence-corrected chi connectivity index (χ0v) is 17.7. The smallest absolute Gasteiger partial charge is 0.219 e. The molecule has 0 saturated carbocycles. The largest absolute Gasteiger partial charge is 0.338 e. The Morgan fingerprint density at radius 3 is 2.86 bits per heavy atom. The number of nitrogens with zero attached hydrogens (tertiary/aromatic N) is 4. The molecule has 0 radical (unpaired) electrons. The molecule has 1 aromatic heterocycles. The number of rotatable bonds is 5. The van der Waals surface area contributed by atoms with Gasteiger partial charge in [-0.05, 0) is 43.8 Å². The van der Waals surface area contributed by atoms with Crippen LogP contribution in [-0.2, 0) is 17.8 Å². The number of piperidine rings is 1. The molecule has 4 rings (SSSR count). The maximum Gasteiger partial charge on any atom is 0.219 e. The van der Waals surface area contributed by atoms with Crippen molar-refractivity contribution >= 4 is 5.91 Å². The highest BCUT2D eigenvalue weighted by Crippen LogP contribution is 2.27. The van der Waals surface area contributed by atoms with Crippen LogP contribution in [0, 0.1) is 0 Å². The molecule has 0 bridgehead atoms. The van der Waals surface area contributed by atoms with Crippen LogP contribution >= 0.6 is 0 Å². The summed E-state index contributed by atoms with van der Waals surface area (Å²) in [5.74, 6) is 2.14. The summed E-state index contributed by atoms with van der Waals surface area (Å²) in [6.07, 6.45) is 6.37. The van der Waals surface area contributed by atoms with Gasteiger partial charge in [-0.3, -0.25) is 4.79 Å². The van der Waals surface area contributed by atoms with E-state index in [-0.39, 0.29) is 5.91 Å². The second-order valence-corrected chi connectivity index (χ2v) is 8.63. The number of hydrogen-bond donors (Lipinski definition) is 0. The topological polar surface area (TPSA) is 49.3 Å². The van der Waals surface area contributed by atoms with Crippen molar-refractivity contribution in [2.24, 2.45) is 0 Å². The highest BCUT2D eigenvalue weighted by atomic mass is 16.2. The predicted molar refractivity (Wildman–Crippen MR) is 115 cm³/mol. The van der Waals surface area contributed by atoms with E-state index in [4.69, 9.17) is 9.97 Å². The molecular weight excluding hydrogens is 360 g/mol. The molecule has 2 aromatic rings. The minimum absolute atomic E-state index is 0.132. The fourth-order valence-corrected chi connectivity index (χ4v) is 4.59. The third-order valence-electron chi connectivity index (χ3n) is 6.52. The van der Waals surface area contributed by atoms with Crippen LogP contribution in [0.2, 0.25) is 0 Å². The van der Waals surface area contributed by atoms with Crippen LogP contribution < -0.4 is 0 Å². The Kier molecular flexibility index (Phi) is 6.24. The highest BCUT2D eigenvalue weighted by Gasteiger charge is 2.26. The van der Waals surface area contributed by atoms with Crippen molar-refractivity contribution in [3.63, 3.8) is 0 Å². The molecule has 0 spiro atoms. The van der Waals surface area contributed by atoms with Gasteiger partial charge in [-0.15, -0.1) is 0 Å². The summed E-state index contributed by atoms with van der Waals surface area (Å²) >= 11 is 0. The van der Waals surface area contributed by atoms with Gasteiger partial charge >= 0.3 is 0 Å². The van der Waals surface area contributed by atoms with Gasteiger partial charge in [0, 0.05) is 50.7 Å². The van der Waals surface area contributed by atoms with E-state index in [0.29, 0.717) is 18.4 Å². The normalized spacial score (nSPS) is 20.9. The van der Waals surface area contributed by atoms with Crippen LogP contribution in [0.4, 0.5) is 0 Å². The first-order valence-corrected chi connectivity index (χ1v) is 11.0. The van der Waals surface area contributed by atoms with E-state index in [1.165, 1.54) is 31.4 Å². The van der Waals surface area contributed by atoms with E-state index in [1.807, 2.05) is 11.1 Å². The molecule has 154 valence electrons. The summed E-state index contributed by atoms with van der Waals surface area (Å²) < 4.78 is 0. The molecule has 3 heterocycles. The third-order valence-corrected chi connectivity index (χ3v) is 6.52. The predicted octanol–water partition coefficient (Wildman–Crippen LogP) is 3.75. The van der Waals surface area contributed by atoms with E-state index in [1.54, 1.807) is 6.92 Å². The summed E-state index contributed by atoms with van der Waals surface area (Å²) in [5.41, 5.74) is 3.68. The Hall–Kier alpha value is -2.27. The number of carbonyl (C=O) groups is 1. The lowest BCUT2D eigenvalue weighted by Crippen LogP contribution is -2.37. The summed E-state index contributed by atoms with van der Waals surface area (Å²) in [5, 5.41) is 0. The van der Waals surface area contributed by atoms with Crippen molar-refractivity contribution in [2.45, 2.75) is 57.9 Å². The number of hydrogen-bond acceptors (Lipinski definition) is 4. The Bertz CT molecular complexity index is 838. The number of fused-ring (bicyclic) bond motifs is 1. The van der Waals surface area contributed by atoms with Crippen LogP contribution in [-0.4, -0.2) is 51.9 Å². The van der Waals surface area contributed by atoms with E-state index in [9.17, 15) is 4.79 Å². The van der Waals surface area contributed by atoms with Crippen molar-refractivity contribution < 1.29 is 4.79 Å². The van der Waals surface area contributed by atoms with Crippen LogP contribution in [0.1, 0.15) is 67.6 Å². The highest BCUT2D eigenvalue weighted by molar-refractivity contribution is 5.73. The van der Waals surface area contributed by atoms with Crippen LogP contribution in [0.15, 0.2) is 36.5 Å².